The Balaban J connectivity index is 1.42. The molecule has 0 radical (unpaired) electrons. The number of nitrogens with zero attached hydrogens (tertiary/aromatic N) is 2. The summed E-state index contributed by atoms with van der Waals surface area (Å²) in [5, 5.41) is 5.22. The minimum Gasteiger partial charge on any atom is -0.355 e. The largest absolute Gasteiger partial charge is 0.355 e. The Morgan fingerprint density at radius 1 is 1.21 bits per heavy atom. The molecule has 2 heterocycles. The van der Waals surface area contributed by atoms with Crippen molar-refractivity contribution in [1.29, 1.82) is 0 Å². The molecule has 7 heteroatoms. The summed E-state index contributed by atoms with van der Waals surface area (Å²) in [4.78, 5) is 22.7. The van der Waals surface area contributed by atoms with E-state index >= 15 is 0 Å². The van der Waals surface area contributed by atoms with E-state index in [9.17, 15) is 4.79 Å². The lowest BCUT2D eigenvalue weighted by Crippen LogP contribution is -2.18. The molecular weight excluding hydrogens is 388 g/mol. The topological polar surface area (TPSA) is 61.0 Å². The van der Waals surface area contributed by atoms with Crippen LogP contribution in [-0.4, -0.2) is 41.3 Å². The van der Waals surface area contributed by atoms with Crippen LogP contribution in [0.1, 0.15) is 21.6 Å². The molecule has 1 aromatic carbocycles. The predicted octanol–water partition coefficient (Wildman–Crippen LogP) is 3.83. The van der Waals surface area contributed by atoms with Gasteiger partial charge in [0, 0.05) is 47.7 Å². The molecule has 148 valence electrons. The van der Waals surface area contributed by atoms with Crippen molar-refractivity contribution in [2.24, 2.45) is 0 Å². The Hall–Kier alpha value is -2.09. The van der Waals surface area contributed by atoms with Crippen molar-refractivity contribution in [3.63, 3.8) is 0 Å². The first kappa shape index (κ1) is 20.6. The van der Waals surface area contributed by atoms with E-state index in [1.165, 1.54) is 16.0 Å². The second-order valence-corrected chi connectivity index (χ2v) is 9.02. The first-order chi connectivity index (χ1) is 13.6. The molecule has 2 N–H and O–H groups in total. The fourth-order valence-electron chi connectivity index (χ4n) is 2.85. The number of benzene rings is 1. The number of rotatable bonds is 10. The van der Waals surface area contributed by atoms with Gasteiger partial charge in [-0.1, -0.05) is 30.3 Å². The molecular formula is C21H26N4OS2. The fraction of sp³-hybridized carbons (Fsp3) is 0.333. The van der Waals surface area contributed by atoms with Crippen LogP contribution in [0.5, 0.6) is 0 Å². The van der Waals surface area contributed by atoms with E-state index in [2.05, 4.69) is 58.5 Å². The molecule has 0 saturated heterocycles. The van der Waals surface area contributed by atoms with Gasteiger partial charge in [-0.3, -0.25) is 9.78 Å². The summed E-state index contributed by atoms with van der Waals surface area (Å²) in [6, 6.07) is 12.8. The third kappa shape index (κ3) is 6.51. The van der Waals surface area contributed by atoms with E-state index < -0.39 is 0 Å². The standard InChI is InChI=1S/C21H26N4OS2/c1-25(2)14-16-5-3-6-17(11-16)15-27-10-8-22-21-23-13-18(20(26)24-21)12-19-7-4-9-28-19/h3-7,9,11,13H,8,10,12,14-15H2,1-2H3,(H2,22,23,24,26). The van der Waals surface area contributed by atoms with Crippen molar-refractivity contribution >= 4 is 29.0 Å². The maximum absolute atomic E-state index is 12.2. The number of H-pyrrole nitrogens is 1. The maximum Gasteiger partial charge on any atom is 0.255 e. The van der Waals surface area contributed by atoms with Gasteiger partial charge in [0.15, 0.2) is 0 Å². The molecule has 0 aliphatic heterocycles. The molecule has 0 unspecified atom stereocenters. The molecule has 0 aliphatic carbocycles. The van der Waals surface area contributed by atoms with Crippen molar-refractivity contribution in [1.82, 2.24) is 14.9 Å². The molecule has 0 spiro atoms. The molecule has 3 rings (SSSR count). The van der Waals surface area contributed by atoms with Crippen LogP contribution < -0.4 is 10.9 Å². The van der Waals surface area contributed by atoms with Crippen LogP contribution in [0.15, 0.2) is 52.8 Å². The smallest absolute Gasteiger partial charge is 0.255 e. The van der Waals surface area contributed by atoms with Crippen molar-refractivity contribution in [2.45, 2.75) is 18.7 Å². The van der Waals surface area contributed by atoms with Gasteiger partial charge in [0.2, 0.25) is 5.95 Å². The second kappa shape index (κ2) is 10.5. The Morgan fingerprint density at radius 2 is 2.07 bits per heavy atom. The highest BCUT2D eigenvalue weighted by molar-refractivity contribution is 7.98. The highest BCUT2D eigenvalue weighted by Crippen LogP contribution is 2.15. The van der Waals surface area contributed by atoms with Gasteiger partial charge < -0.3 is 10.2 Å². The van der Waals surface area contributed by atoms with Crippen LogP contribution >= 0.6 is 23.1 Å². The normalized spacial score (nSPS) is 11.1. The highest BCUT2D eigenvalue weighted by Gasteiger charge is 2.05. The SMILES string of the molecule is CN(C)Cc1cccc(CSCCNc2ncc(Cc3cccs3)c(=O)[nH]2)c1. The second-order valence-electron chi connectivity index (χ2n) is 6.88. The van der Waals surface area contributed by atoms with Crippen LogP contribution in [0.2, 0.25) is 0 Å². The minimum atomic E-state index is -0.0729. The number of anilines is 1. The molecule has 0 aliphatic rings. The lowest BCUT2D eigenvalue weighted by atomic mass is 10.1. The third-order valence-electron chi connectivity index (χ3n) is 4.12. The summed E-state index contributed by atoms with van der Waals surface area (Å²) < 4.78 is 0. The summed E-state index contributed by atoms with van der Waals surface area (Å²) in [7, 11) is 4.17. The predicted molar refractivity (Wildman–Crippen MR) is 120 cm³/mol. The molecule has 0 fully saturated rings. The molecule has 5 nitrogen and oxygen atoms in total. The van der Waals surface area contributed by atoms with Crippen molar-refractivity contribution in [3.05, 3.63) is 79.9 Å². The van der Waals surface area contributed by atoms with Gasteiger partial charge in [-0.05, 0) is 36.7 Å². The van der Waals surface area contributed by atoms with Gasteiger partial charge in [-0.15, -0.1) is 11.3 Å². The molecule has 2 aromatic heterocycles. The Bertz CT molecular complexity index is 922. The van der Waals surface area contributed by atoms with Gasteiger partial charge >= 0.3 is 0 Å². The van der Waals surface area contributed by atoms with Crippen molar-refractivity contribution in [3.8, 4) is 0 Å². The van der Waals surface area contributed by atoms with Gasteiger partial charge in [0.05, 0.1) is 0 Å². The van der Waals surface area contributed by atoms with Crippen molar-refractivity contribution in [2.75, 3.05) is 31.7 Å². The van der Waals surface area contributed by atoms with Crippen LogP contribution in [0, 0.1) is 0 Å². The van der Waals surface area contributed by atoms with Crippen molar-refractivity contribution < 1.29 is 0 Å². The number of thiophene rings is 1. The molecule has 0 amide bonds. The molecule has 3 aromatic rings. The lowest BCUT2D eigenvalue weighted by Gasteiger charge is -2.11. The molecule has 0 saturated carbocycles. The molecule has 0 bridgehead atoms. The minimum absolute atomic E-state index is 0.0729. The number of hydrogen-bond donors (Lipinski definition) is 2. The van der Waals surface area contributed by atoms with E-state index in [1.54, 1.807) is 17.5 Å². The van der Waals surface area contributed by atoms with Gasteiger partial charge in [-0.2, -0.15) is 11.8 Å². The monoisotopic (exact) mass is 414 g/mol. The van der Waals surface area contributed by atoms with E-state index in [0.717, 1.165) is 24.6 Å². The maximum atomic E-state index is 12.2. The van der Waals surface area contributed by atoms with Crippen LogP contribution in [0.3, 0.4) is 0 Å². The first-order valence-electron chi connectivity index (χ1n) is 9.25. The zero-order valence-corrected chi connectivity index (χ0v) is 17.9. The highest BCUT2D eigenvalue weighted by atomic mass is 32.2. The number of nitrogens with one attached hydrogen (secondary N) is 2. The van der Waals surface area contributed by atoms with Crippen LogP contribution in [0.25, 0.3) is 0 Å². The van der Waals surface area contributed by atoms with Gasteiger partial charge in [0.25, 0.3) is 5.56 Å². The Labute approximate surface area is 174 Å². The van der Waals surface area contributed by atoms with Crippen LogP contribution in [0.4, 0.5) is 5.95 Å². The Kier molecular flexibility index (Phi) is 7.71. The number of aromatic amines is 1. The number of thioether (sulfide) groups is 1. The molecule has 28 heavy (non-hydrogen) atoms. The number of hydrogen-bond acceptors (Lipinski definition) is 6. The van der Waals surface area contributed by atoms with E-state index in [-0.39, 0.29) is 5.56 Å². The summed E-state index contributed by atoms with van der Waals surface area (Å²) in [6.07, 6.45) is 2.30. The quantitative estimate of drug-likeness (QED) is 0.494. The third-order valence-corrected chi connectivity index (χ3v) is 6.02. The number of aromatic nitrogens is 2. The zero-order valence-electron chi connectivity index (χ0n) is 16.3. The van der Waals surface area contributed by atoms with Gasteiger partial charge in [-0.25, -0.2) is 4.98 Å². The average Bonchev–Trinajstić information content (AvgIpc) is 3.16. The van der Waals surface area contributed by atoms with E-state index in [1.807, 2.05) is 29.3 Å². The average molecular weight is 415 g/mol. The van der Waals surface area contributed by atoms with E-state index in [0.29, 0.717) is 17.9 Å². The fourth-order valence-corrected chi connectivity index (χ4v) is 4.39. The summed E-state index contributed by atoms with van der Waals surface area (Å²) in [5.74, 6) is 2.46. The zero-order chi connectivity index (χ0) is 19.8. The first-order valence-corrected chi connectivity index (χ1v) is 11.3. The summed E-state index contributed by atoms with van der Waals surface area (Å²) in [5.41, 5.74) is 3.30. The Morgan fingerprint density at radius 3 is 2.82 bits per heavy atom. The molecule has 0 atom stereocenters. The van der Waals surface area contributed by atoms with Gasteiger partial charge in [0.1, 0.15) is 0 Å². The summed E-state index contributed by atoms with van der Waals surface area (Å²) >= 11 is 3.52. The lowest BCUT2D eigenvalue weighted by molar-refractivity contribution is 0.402. The summed E-state index contributed by atoms with van der Waals surface area (Å²) in [6.45, 7) is 1.72. The van der Waals surface area contributed by atoms with E-state index in [4.69, 9.17) is 0 Å². The van der Waals surface area contributed by atoms with Crippen LogP contribution in [-0.2, 0) is 18.7 Å².